The summed E-state index contributed by atoms with van der Waals surface area (Å²) < 4.78 is 0. The van der Waals surface area contributed by atoms with Gasteiger partial charge in [0.2, 0.25) is 0 Å². The molecular weight excluding hydrogens is 244 g/mol. The molecule has 1 fully saturated rings. The fourth-order valence-corrected chi connectivity index (χ4v) is 1.98. The quantitative estimate of drug-likeness (QED) is 0.766. The highest BCUT2D eigenvalue weighted by Gasteiger charge is 2.22. The molecule has 2 heterocycles. The van der Waals surface area contributed by atoms with Crippen LogP contribution in [0.3, 0.4) is 0 Å². The predicted molar refractivity (Wildman–Crippen MR) is 63.6 cm³/mol. The molecule has 1 N–H and O–H groups in total. The van der Waals surface area contributed by atoms with Crippen molar-refractivity contribution in [2.45, 2.75) is 6.92 Å². The Morgan fingerprint density at radius 1 is 1.35 bits per heavy atom. The van der Waals surface area contributed by atoms with Crippen LogP contribution in [0.15, 0.2) is 6.33 Å². The molecule has 6 nitrogen and oxygen atoms in total. The van der Waals surface area contributed by atoms with Gasteiger partial charge in [-0.2, -0.15) is 0 Å². The van der Waals surface area contributed by atoms with E-state index in [4.69, 9.17) is 16.7 Å². The Labute approximate surface area is 104 Å². The Kier molecular flexibility index (Phi) is 3.33. The van der Waals surface area contributed by atoms with Crippen LogP contribution >= 0.6 is 11.6 Å². The lowest BCUT2D eigenvalue weighted by Crippen LogP contribution is -2.48. The molecule has 0 unspecified atom stereocenters. The Morgan fingerprint density at radius 3 is 2.59 bits per heavy atom. The third-order valence-corrected chi connectivity index (χ3v) is 3.23. The molecular formula is C10H13ClN4O2. The zero-order valence-electron chi connectivity index (χ0n) is 9.43. The Morgan fingerprint density at radius 2 is 2.00 bits per heavy atom. The first-order chi connectivity index (χ1) is 8.09. The smallest absolute Gasteiger partial charge is 0.407 e. The SMILES string of the molecule is Cc1c(Cl)ncnc1N1CCN(C(=O)O)CC1. The van der Waals surface area contributed by atoms with Gasteiger partial charge in [0.25, 0.3) is 0 Å². The lowest BCUT2D eigenvalue weighted by Gasteiger charge is -2.34. The second-order valence-corrected chi connectivity index (χ2v) is 4.23. The predicted octanol–water partition coefficient (Wildman–Crippen LogP) is 1.24. The molecule has 1 aliphatic heterocycles. The van der Waals surface area contributed by atoms with E-state index in [0.717, 1.165) is 11.4 Å². The molecule has 1 amide bonds. The van der Waals surface area contributed by atoms with Crippen molar-refractivity contribution in [3.05, 3.63) is 17.0 Å². The van der Waals surface area contributed by atoms with Crippen LogP contribution in [0.2, 0.25) is 5.15 Å². The van der Waals surface area contributed by atoms with Gasteiger partial charge >= 0.3 is 6.09 Å². The Balaban J connectivity index is 2.10. The summed E-state index contributed by atoms with van der Waals surface area (Å²) in [5, 5.41) is 9.29. The molecule has 0 aliphatic carbocycles. The number of halogens is 1. The van der Waals surface area contributed by atoms with Crippen molar-refractivity contribution in [2.75, 3.05) is 31.1 Å². The van der Waals surface area contributed by atoms with Crippen LogP contribution in [-0.4, -0.2) is 52.2 Å². The summed E-state index contributed by atoms with van der Waals surface area (Å²) >= 11 is 5.93. The van der Waals surface area contributed by atoms with Crippen molar-refractivity contribution in [2.24, 2.45) is 0 Å². The van der Waals surface area contributed by atoms with Crippen LogP contribution in [0.25, 0.3) is 0 Å². The fraction of sp³-hybridized carbons (Fsp3) is 0.500. The molecule has 92 valence electrons. The van der Waals surface area contributed by atoms with Crippen LogP contribution in [0.4, 0.5) is 10.6 Å². The van der Waals surface area contributed by atoms with Gasteiger partial charge in [-0.15, -0.1) is 0 Å². The van der Waals surface area contributed by atoms with Crippen molar-refractivity contribution < 1.29 is 9.90 Å². The third-order valence-electron chi connectivity index (χ3n) is 2.85. The summed E-state index contributed by atoms with van der Waals surface area (Å²) in [4.78, 5) is 22.3. The maximum atomic E-state index is 10.8. The van der Waals surface area contributed by atoms with Crippen molar-refractivity contribution in [3.8, 4) is 0 Å². The molecule has 7 heteroatoms. The van der Waals surface area contributed by atoms with E-state index in [1.807, 2.05) is 11.8 Å². The lowest BCUT2D eigenvalue weighted by atomic mass is 10.2. The number of hydrogen-bond acceptors (Lipinski definition) is 4. The molecule has 0 saturated carbocycles. The first kappa shape index (κ1) is 11.9. The number of carbonyl (C=O) groups is 1. The standard InChI is InChI=1S/C10H13ClN4O2/c1-7-8(11)12-6-13-9(7)14-2-4-15(5-3-14)10(16)17/h6H,2-5H2,1H3,(H,16,17). The molecule has 2 rings (SSSR count). The van der Waals surface area contributed by atoms with Gasteiger partial charge in [0.1, 0.15) is 17.3 Å². The molecule has 1 aromatic heterocycles. The first-order valence-electron chi connectivity index (χ1n) is 5.29. The van der Waals surface area contributed by atoms with Crippen molar-refractivity contribution >= 4 is 23.5 Å². The summed E-state index contributed by atoms with van der Waals surface area (Å²) in [5.41, 5.74) is 0.831. The van der Waals surface area contributed by atoms with Crippen LogP contribution in [0, 0.1) is 6.92 Å². The number of piperazine rings is 1. The van der Waals surface area contributed by atoms with E-state index in [-0.39, 0.29) is 0 Å². The van der Waals surface area contributed by atoms with E-state index in [1.165, 1.54) is 11.2 Å². The van der Waals surface area contributed by atoms with Gasteiger partial charge in [-0.1, -0.05) is 11.6 Å². The molecule has 1 saturated heterocycles. The summed E-state index contributed by atoms with van der Waals surface area (Å²) in [6.45, 7) is 4.08. The van der Waals surface area contributed by atoms with Crippen molar-refractivity contribution in [1.82, 2.24) is 14.9 Å². The summed E-state index contributed by atoms with van der Waals surface area (Å²) in [5.74, 6) is 0.787. The van der Waals surface area contributed by atoms with Crippen molar-refractivity contribution in [1.29, 1.82) is 0 Å². The minimum atomic E-state index is -0.873. The number of amides is 1. The Bertz CT molecular complexity index is 432. The monoisotopic (exact) mass is 256 g/mol. The average Bonchev–Trinajstić information content (AvgIpc) is 2.33. The maximum absolute atomic E-state index is 10.8. The van der Waals surface area contributed by atoms with Crippen LogP contribution < -0.4 is 4.90 Å². The minimum absolute atomic E-state index is 0.440. The van der Waals surface area contributed by atoms with Gasteiger partial charge in [-0.05, 0) is 6.92 Å². The van der Waals surface area contributed by atoms with Gasteiger partial charge in [-0.3, -0.25) is 0 Å². The highest BCUT2D eigenvalue weighted by molar-refractivity contribution is 6.30. The second kappa shape index (κ2) is 4.75. The highest BCUT2D eigenvalue weighted by atomic mass is 35.5. The largest absolute Gasteiger partial charge is 0.465 e. The zero-order valence-corrected chi connectivity index (χ0v) is 10.2. The maximum Gasteiger partial charge on any atom is 0.407 e. The number of aromatic nitrogens is 2. The molecule has 17 heavy (non-hydrogen) atoms. The van der Waals surface area contributed by atoms with E-state index in [1.54, 1.807) is 0 Å². The molecule has 1 aliphatic rings. The highest BCUT2D eigenvalue weighted by Crippen LogP contribution is 2.22. The van der Waals surface area contributed by atoms with E-state index in [9.17, 15) is 4.79 Å². The zero-order chi connectivity index (χ0) is 12.4. The number of carboxylic acid groups (broad SMARTS) is 1. The topological polar surface area (TPSA) is 69.6 Å². The number of rotatable bonds is 1. The van der Waals surface area contributed by atoms with Gasteiger partial charge in [0, 0.05) is 31.7 Å². The van der Waals surface area contributed by atoms with Crippen LogP contribution in [0.1, 0.15) is 5.56 Å². The number of hydrogen-bond donors (Lipinski definition) is 1. The van der Waals surface area contributed by atoms with E-state index in [0.29, 0.717) is 31.3 Å². The molecule has 1 aromatic rings. The fourth-order valence-electron chi connectivity index (χ4n) is 1.85. The van der Waals surface area contributed by atoms with Crippen molar-refractivity contribution in [3.63, 3.8) is 0 Å². The van der Waals surface area contributed by atoms with Crippen LogP contribution in [-0.2, 0) is 0 Å². The number of nitrogens with zero attached hydrogens (tertiary/aromatic N) is 4. The average molecular weight is 257 g/mol. The minimum Gasteiger partial charge on any atom is -0.465 e. The third kappa shape index (κ3) is 2.41. The number of anilines is 1. The van der Waals surface area contributed by atoms with Gasteiger partial charge in [0.15, 0.2) is 0 Å². The Hall–Kier alpha value is -1.56. The molecule has 0 bridgehead atoms. The van der Waals surface area contributed by atoms with E-state index < -0.39 is 6.09 Å². The normalized spacial score (nSPS) is 16.1. The lowest BCUT2D eigenvalue weighted by molar-refractivity contribution is 0.142. The van der Waals surface area contributed by atoms with Gasteiger partial charge in [0.05, 0.1) is 0 Å². The molecule has 0 atom stereocenters. The summed E-state index contributed by atoms with van der Waals surface area (Å²) in [7, 11) is 0. The molecule has 0 radical (unpaired) electrons. The van der Waals surface area contributed by atoms with Crippen LogP contribution in [0.5, 0.6) is 0 Å². The summed E-state index contributed by atoms with van der Waals surface area (Å²) in [6.07, 6.45) is 0.552. The second-order valence-electron chi connectivity index (χ2n) is 3.87. The van der Waals surface area contributed by atoms with Gasteiger partial charge in [-0.25, -0.2) is 14.8 Å². The molecule has 0 aromatic carbocycles. The first-order valence-corrected chi connectivity index (χ1v) is 5.67. The summed E-state index contributed by atoms with van der Waals surface area (Å²) in [6, 6.07) is 0. The van der Waals surface area contributed by atoms with E-state index >= 15 is 0 Å². The van der Waals surface area contributed by atoms with Gasteiger partial charge < -0.3 is 14.9 Å². The molecule has 0 spiro atoms. The van der Waals surface area contributed by atoms with E-state index in [2.05, 4.69) is 9.97 Å².